The second-order valence-electron chi connectivity index (χ2n) is 5.74. The molecule has 0 aliphatic heterocycles. The van der Waals surface area contributed by atoms with Crippen LogP contribution in [-0.4, -0.2) is 32.1 Å². The molecule has 1 atom stereocenters. The van der Waals surface area contributed by atoms with Crippen LogP contribution in [0.3, 0.4) is 0 Å². The minimum Gasteiger partial charge on any atom is -0.356 e. The number of carbonyl (C=O) groups excluding carboxylic acids is 2. The van der Waals surface area contributed by atoms with Gasteiger partial charge in [0.15, 0.2) is 0 Å². The Morgan fingerprint density at radius 3 is 2.29 bits per heavy atom. The van der Waals surface area contributed by atoms with Gasteiger partial charge in [-0.1, -0.05) is 25.7 Å². The minimum absolute atomic E-state index is 0.0363. The van der Waals surface area contributed by atoms with Crippen molar-refractivity contribution in [2.24, 2.45) is 5.92 Å². The highest BCUT2D eigenvalue weighted by atomic mass is 32.1. The van der Waals surface area contributed by atoms with E-state index in [-0.39, 0.29) is 17.6 Å². The molecule has 0 saturated heterocycles. The highest BCUT2D eigenvalue weighted by Crippen LogP contribution is 2.10. The first-order chi connectivity index (χ1) is 7.76. The van der Waals surface area contributed by atoms with E-state index in [1.54, 1.807) is 0 Å². The van der Waals surface area contributed by atoms with Gasteiger partial charge in [0.1, 0.15) is 5.78 Å². The summed E-state index contributed by atoms with van der Waals surface area (Å²) in [5.41, 5.74) is 0. The van der Waals surface area contributed by atoms with Crippen molar-refractivity contribution in [2.45, 2.75) is 45.5 Å². The molecule has 100 valence electrons. The van der Waals surface area contributed by atoms with Gasteiger partial charge >= 0.3 is 0 Å². The Labute approximate surface area is 111 Å². The average molecular weight is 275 g/mol. The van der Waals surface area contributed by atoms with Crippen LogP contribution >= 0.6 is 12.6 Å². The molecule has 0 unspecified atom stereocenters. The molecule has 0 aromatic carbocycles. The topological polar surface area (TPSA) is 46.2 Å². The van der Waals surface area contributed by atoms with Crippen molar-refractivity contribution in [3.8, 4) is 0 Å². The quantitative estimate of drug-likeness (QED) is 0.406. The first kappa shape index (κ1) is 16.7. The number of Topliss-reactive ketones (excluding diaryl/α,β-unsaturated/α-hetero) is 1. The highest BCUT2D eigenvalue weighted by Gasteiger charge is 2.18. The van der Waals surface area contributed by atoms with Crippen LogP contribution in [0.15, 0.2) is 0 Å². The van der Waals surface area contributed by atoms with Crippen molar-refractivity contribution < 1.29 is 9.59 Å². The second-order valence-corrected chi connectivity index (χ2v) is 11.7. The summed E-state index contributed by atoms with van der Waals surface area (Å²) in [5.74, 6) is 0.161. The Bertz CT molecular complexity index is 264. The maximum atomic E-state index is 11.7. The lowest BCUT2D eigenvalue weighted by Crippen LogP contribution is -2.34. The van der Waals surface area contributed by atoms with Crippen LogP contribution in [0.2, 0.25) is 25.7 Å². The number of hydrogen-bond donors (Lipinski definition) is 2. The molecule has 1 amide bonds. The molecule has 17 heavy (non-hydrogen) atoms. The fourth-order valence-corrected chi connectivity index (χ4v) is 3.09. The van der Waals surface area contributed by atoms with Crippen LogP contribution in [0.1, 0.15) is 19.8 Å². The van der Waals surface area contributed by atoms with Crippen molar-refractivity contribution >= 4 is 32.4 Å². The third-order valence-corrected chi connectivity index (χ3v) is 4.82. The first-order valence-corrected chi connectivity index (χ1v) is 10.5. The summed E-state index contributed by atoms with van der Waals surface area (Å²) in [6.07, 6.45) is 1.32. The molecule has 0 aromatic rings. The van der Waals surface area contributed by atoms with E-state index < -0.39 is 8.07 Å². The number of carbonyl (C=O) groups is 2. The summed E-state index contributed by atoms with van der Waals surface area (Å²) in [4.78, 5) is 22.7. The number of hydrogen-bond acceptors (Lipinski definition) is 3. The number of nitrogens with one attached hydrogen (secondary N) is 1. The van der Waals surface area contributed by atoms with E-state index in [1.165, 1.54) is 13.0 Å². The van der Waals surface area contributed by atoms with Gasteiger partial charge in [-0.15, -0.1) is 0 Å². The van der Waals surface area contributed by atoms with Crippen LogP contribution in [0, 0.1) is 5.92 Å². The Hall–Kier alpha value is -0.293. The first-order valence-electron chi connectivity index (χ1n) is 6.14. The molecular weight excluding hydrogens is 250 g/mol. The van der Waals surface area contributed by atoms with Gasteiger partial charge in [0.2, 0.25) is 5.91 Å². The van der Waals surface area contributed by atoms with E-state index in [0.717, 1.165) is 6.42 Å². The van der Waals surface area contributed by atoms with Gasteiger partial charge in [0.25, 0.3) is 0 Å². The molecule has 0 heterocycles. The van der Waals surface area contributed by atoms with Gasteiger partial charge in [-0.3, -0.25) is 4.79 Å². The normalized spacial score (nSPS) is 13.2. The molecule has 0 aliphatic carbocycles. The standard InChI is InChI=1S/C12H25NO2SSi/c1-10(14)8-11(9-16)12(15)13-6-5-7-17(2,3)4/h11,16H,5-9H2,1-4H3,(H,13,15)/t11-/m0/s1. The number of ketones is 1. The van der Waals surface area contributed by atoms with E-state index in [9.17, 15) is 9.59 Å². The Kier molecular flexibility index (Phi) is 7.79. The Morgan fingerprint density at radius 2 is 1.88 bits per heavy atom. The summed E-state index contributed by atoms with van der Waals surface area (Å²) in [5, 5.41) is 2.89. The van der Waals surface area contributed by atoms with Gasteiger partial charge in [0.05, 0.1) is 5.92 Å². The van der Waals surface area contributed by atoms with Crippen LogP contribution in [-0.2, 0) is 9.59 Å². The molecule has 0 radical (unpaired) electrons. The number of amides is 1. The molecule has 5 heteroatoms. The minimum atomic E-state index is -1.01. The van der Waals surface area contributed by atoms with E-state index in [0.29, 0.717) is 18.7 Å². The van der Waals surface area contributed by atoms with Crippen molar-refractivity contribution in [3.05, 3.63) is 0 Å². The van der Waals surface area contributed by atoms with Gasteiger partial charge in [-0.05, 0) is 13.3 Å². The molecule has 0 aliphatic rings. The summed E-state index contributed by atoms with van der Waals surface area (Å²) in [6.45, 7) is 9.18. The SMILES string of the molecule is CC(=O)C[C@@H](CS)C(=O)NCCC[Si](C)(C)C. The lowest BCUT2D eigenvalue weighted by Gasteiger charge is -2.17. The monoisotopic (exact) mass is 275 g/mol. The molecule has 0 spiro atoms. The number of rotatable bonds is 8. The summed E-state index contributed by atoms with van der Waals surface area (Å²) < 4.78 is 0. The van der Waals surface area contributed by atoms with Crippen molar-refractivity contribution in [1.82, 2.24) is 5.32 Å². The summed E-state index contributed by atoms with van der Waals surface area (Å²) >= 11 is 4.11. The zero-order chi connectivity index (χ0) is 13.5. The van der Waals surface area contributed by atoms with Crippen LogP contribution in [0.5, 0.6) is 0 Å². The highest BCUT2D eigenvalue weighted by molar-refractivity contribution is 7.80. The third kappa shape index (κ3) is 9.41. The van der Waals surface area contributed by atoms with Crippen LogP contribution in [0.25, 0.3) is 0 Å². The molecule has 1 N–H and O–H groups in total. The third-order valence-electron chi connectivity index (χ3n) is 2.53. The molecule has 0 bridgehead atoms. The van der Waals surface area contributed by atoms with Crippen molar-refractivity contribution in [1.29, 1.82) is 0 Å². The predicted octanol–water partition coefficient (Wildman–Crippen LogP) is 2.36. The van der Waals surface area contributed by atoms with Gasteiger partial charge in [-0.25, -0.2) is 0 Å². The molecule has 0 saturated carbocycles. The molecule has 0 aromatic heterocycles. The second kappa shape index (κ2) is 7.92. The fourth-order valence-electron chi connectivity index (χ4n) is 1.56. The zero-order valence-corrected chi connectivity index (χ0v) is 13.3. The maximum absolute atomic E-state index is 11.7. The van der Waals surface area contributed by atoms with Crippen LogP contribution < -0.4 is 5.32 Å². The van der Waals surface area contributed by atoms with E-state index in [4.69, 9.17) is 0 Å². The molecule has 0 fully saturated rings. The van der Waals surface area contributed by atoms with Gasteiger partial charge in [0, 0.05) is 26.8 Å². The van der Waals surface area contributed by atoms with E-state index in [2.05, 4.69) is 37.6 Å². The summed E-state index contributed by atoms with van der Waals surface area (Å²) in [6, 6.07) is 1.21. The predicted molar refractivity (Wildman–Crippen MR) is 78.4 cm³/mol. The Morgan fingerprint density at radius 1 is 1.29 bits per heavy atom. The summed E-state index contributed by atoms with van der Waals surface area (Å²) in [7, 11) is -1.01. The van der Waals surface area contributed by atoms with E-state index in [1.807, 2.05) is 0 Å². The molecule has 0 rings (SSSR count). The van der Waals surface area contributed by atoms with Crippen LogP contribution in [0.4, 0.5) is 0 Å². The smallest absolute Gasteiger partial charge is 0.224 e. The van der Waals surface area contributed by atoms with Gasteiger partial charge in [-0.2, -0.15) is 12.6 Å². The zero-order valence-electron chi connectivity index (χ0n) is 11.4. The average Bonchev–Trinajstić information content (AvgIpc) is 2.19. The number of thiol groups is 1. The van der Waals surface area contributed by atoms with E-state index >= 15 is 0 Å². The Balaban J connectivity index is 3.87. The maximum Gasteiger partial charge on any atom is 0.224 e. The largest absolute Gasteiger partial charge is 0.356 e. The van der Waals surface area contributed by atoms with Gasteiger partial charge < -0.3 is 10.1 Å². The van der Waals surface area contributed by atoms with Crippen molar-refractivity contribution in [2.75, 3.05) is 12.3 Å². The lowest BCUT2D eigenvalue weighted by atomic mass is 10.0. The van der Waals surface area contributed by atoms with Crippen molar-refractivity contribution in [3.63, 3.8) is 0 Å². The lowest BCUT2D eigenvalue weighted by molar-refractivity contribution is -0.128. The molecular formula is C12H25NO2SSi. The fraction of sp³-hybridized carbons (Fsp3) is 0.833. The molecule has 3 nitrogen and oxygen atoms in total.